The molecule has 0 saturated carbocycles. The fourth-order valence-corrected chi connectivity index (χ4v) is 2.92. The highest BCUT2D eigenvalue weighted by Crippen LogP contribution is 2.26. The molecule has 0 aliphatic heterocycles. The number of para-hydroxylation sites is 1. The highest BCUT2D eigenvalue weighted by atomic mass is 16.5. The van der Waals surface area contributed by atoms with Gasteiger partial charge in [0.2, 0.25) is 0 Å². The van der Waals surface area contributed by atoms with Crippen LogP contribution >= 0.6 is 0 Å². The molecular formula is C24H30N2O4. The van der Waals surface area contributed by atoms with E-state index in [0.717, 1.165) is 23.1 Å². The Morgan fingerprint density at radius 3 is 2.37 bits per heavy atom. The summed E-state index contributed by atoms with van der Waals surface area (Å²) in [5.41, 5.74) is 4.29. The molecule has 0 heterocycles. The number of esters is 1. The molecule has 6 heteroatoms. The molecule has 0 spiro atoms. The number of carbonyl (C=O) groups excluding carboxylic acids is 3. The fourth-order valence-electron chi connectivity index (χ4n) is 2.92. The first-order valence-corrected chi connectivity index (χ1v) is 10.2. The van der Waals surface area contributed by atoms with Crippen molar-refractivity contribution in [3.8, 4) is 0 Å². The normalized spacial score (nSPS) is 12.6. The van der Waals surface area contributed by atoms with Crippen LogP contribution in [0.3, 0.4) is 0 Å². The molecule has 2 atom stereocenters. The van der Waals surface area contributed by atoms with E-state index in [0.29, 0.717) is 17.2 Å². The minimum absolute atomic E-state index is 0.292. The first-order chi connectivity index (χ1) is 14.2. The predicted octanol–water partition coefficient (Wildman–Crippen LogP) is 4.12. The van der Waals surface area contributed by atoms with Gasteiger partial charge >= 0.3 is 5.97 Å². The molecule has 2 N–H and O–H groups in total. The quantitative estimate of drug-likeness (QED) is 0.641. The van der Waals surface area contributed by atoms with Crippen LogP contribution in [0.1, 0.15) is 60.2 Å². The van der Waals surface area contributed by atoms with E-state index in [1.807, 2.05) is 44.2 Å². The molecule has 2 rings (SSSR count). The number of rotatable bonds is 8. The largest absolute Gasteiger partial charge is 0.451 e. The van der Waals surface area contributed by atoms with Crippen molar-refractivity contribution in [2.45, 2.75) is 53.1 Å². The molecule has 0 aromatic heterocycles. The molecule has 0 aliphatic carbocycles. The number of anilines is 1. The molecule has 6 nitrogen and oxygen atoms in total. The van der Waals surface area contributed by atoms with Crippen molar-refractivity contribution in [2.24, 2.45) is 0 Å². The minimum Gasteiger partial charge on any atom is -0.451 e. The lowest BCUT2D eigenvalue weighted by molar-refractivity contribution is -0.152. The first kappa shape index (κ1) is 23.1. The van der Waals surface area contributed by atoms with E-state index in [9.17, 15) is 14.4 Å². The number of aryl methyl sites for hydroxylation is 2. The van der Waals surface area contributed by atoms with E-state index >= 15 is 0 Å². The van der Waals surface area contributed by atoms with E-state index in [1.54, 1.807) is 12.1 Å². The van der Waals surface area contributed by atoms with Crippen molar-refractivity contribution >= 4 is 23.5 Å². The highest BCUT2D eigenvalue weighted by molar-refractivity contribution is 5.97. The number of hydrogen-bond donors (Lipinski definition) is 2. The summed E-state index contributed by atoms with van der Waals surface area (Å²) >= 11 is 0. The second-order valence-electron chi connectivity index (χ2n) is 7.50. The third-order valence-corrected chi connectivity index (χ3v) is 5.20. The van der Waals surface area contributed by atoms with Gasteiger partial charge in [-0.2, -0.15) is 0 Å². The smallest absolute Gasteiger partial charge is 0.326 e. The first-order valence-electron chi connectivity index (χ1n) is 10.2. The number of carbonyl (C=O) groups is 3. The van der Waals surface area contributed by atoms with E-state index in [2.05, 4.69) is 24.5 Å². The zero-order valence-electron chi connectivity index (χ0n) is 18.2. The lowest BCUT2D eigenvalue weighted by atomic mass is 9.97. The Kier molecular flexibility index (Phi) is 8.16. The lowest BCUT2D eigenvalue weighted by Crippen LogP contribution is -2.36. The molecule has 0 saturated heterocycles. The Morgan fingerprint density at radius 2 is 1.70 bits per heavy atom. The Hall–Kier alpha value is -3.15. The van der Waals surface area contributed by atoms with Crippen molar-refractivity contribution in [2.75, 3.05) is 11.9 Å². The topological polar surface area (TPSA) is 84.5 Å². The zero-order valence-corrected chi connectivity index (χ0v) is 18.2. The van der Waals surface area contributed by atoms with Gasteiger partial charge in [0, 0.05) is 11.3 Å². The molecule has 2 aromatic carbocycles. The molecule has 160 valence electrons. The van der Waals surface area contributed by atoms with Gasteiger partial charge in [-0.05, 0) is 68.0 Å². The summed E-state index contributed by atoms with van der Waals surface area (Å²) in [7, 11) is 0. The van der Waals surface area contributed by atoms with Gasteiger partial charge in [0.05, 0.1) is 0 Å². The van der Waals surface area contributed by atoms with E-state index in [1.165, 1.54) is 6.92 Å². The van der Waals surface area contributed by atoms with Crippen LogP contribution in [-0.2, 0) is 14.3 Å². The molecule has 0 aliphatic rings. The summed E-state index contributed by atoms with van der Waals surface area (Å²) < 4.78 is 5.17. The lowest BCUT2D eigenvalue weighted by Gasteiger charge is -2.18. The molecule has 2 aromatic rings. The van der Waals surface area contributed by atoms with Gasteiger partial charge in [-0.25, -0.2) is 0 Å². The molecule has 0 fully saturated rings. The van der Waals surface area contributed by atoms with Gasteiger partial charge in [-0.1, -0.05) is 38.1 Å². The van der Waals surface area contributed by atoms with Crippen LogP contribution in [0.5, 0.6) is 0 Å². The standard InChI is InChI=1S/C24H30N2O4/c1-6-15(2)20-9-7-8-10-21(20)26-23(28)18(5)30-22(27)14-25-24(29)19-12-11-16(3)17(4)13-19/h7-13,15,18H,6,14H2,1-5H3,(H,25,29)(H,26,28)/t15-,18-/m0/s1. The summed E-state index contributed by atoms with van der Waals surface area (Å²) in [6.07, 6.45) is -0.0431. The van der Waals surface area contributed by atoms with Crippen molar-refractivity contribution in [1.29, 1.82) is 0 Å². The van der Waals surface area contributed by atoms with Gasteiger partial charge in [0.1, 0.15) is 6.54 Å². The van der Waals surface area contributed by atoms with E-state index in [4.69, 9.17) is 4.74 Å². The number of hydrogen-bond acceptors (Lipinski definition) is 4. The maximum Gasteiger partial charge on any atom is 0.326 e. The van der Waals surface area contributed by atoms with Gasteiger partial charge in [0.15, 0.2) is 6.10 Å². The molecule has 30 heavy (non-hydrogen) atoms. The van der Waals surface area contributed by atoms with Crippen molar-refractivity contribution in [3.05, 3.63) is 64.7 Å². The van der Waals surface area contributed by atoms with Crippen molar-refractivity contribution in [1.82, 2.24) is 5.32 Å². The third kappa shape index (κ3) is 6.17. The second kappa shape index (κ2) is 10.6. The van der Waals surface area contributed by atoms with Crippen LogP contribution in [0.4, 0.5) is 5.69 Å². The predicted molar refractivity (Wildman–Crippen MR) is 118 cm³/mol. The Labute approximate surface area is 178 Å². The van der Waals surface area contributed by atoms with Gasteiger partial charge in [-0.15, -0.1) is 0 Å². The van der Waals surface area contributed by atoms with Gasteiger partial charge in [-0.3, -0.25) is 14.4 Å². The summed E-state index contributed by atoms with van der Waals surface area (Å²) in [6.45, 7) is 9.24. The van der Waals surface area contributed by atoms with Crippen LogP contribution in [-0.4, -0.2) is 30.4 Å². The molecule has 2 amide bonds. The average molecular weight is 411 g/mol. The van der Waals surface area contributed by atoms with Crippen LogP contribution in [0.25, 0.3) is 0 Å². The number of nitrogens with one attached hydrogen (secondary N) is 2. The molecule has 0 radical (unpaired) electrons. The average Bonchev–Trinajstić information content (AvgIpc) is 2.73. The van der Waals surface area contributed by atoms with Crippen molar-refractivity contribution in [3.63, 3.8) is 0 Å². The Morgan fingerprint density at radius 1 is 1.00 bits per heavy atom. The van der Waals surface area contributed by atoms with E-state index < -0.39 is 18.0 Å². The number of benzene rings is 2. The highest BCUT2D eigenvalue weighted by Gasteiger charge is 2.20. The van der Waals surface area contributed by atoms with Gasteiger partial charge < -0.3 is 15.4 Å². The van der Waals surface area contributed by atoms with Crippen LogP contribution < -0.4 is 10.6 Å². The van der Waals surface area contributed by atoms with Crippen LogP contribution in [0.2, 0.25) is 0 Å². The summed E-state index contributed by atoms with van der Waals surface area (Å²) in [5, 5.41) is 5.36. The minimum atomic E-state index is -0.985. The number of ether oxygens (including phenoxy) is 1. The Bertz CT molecular complexity index is 923. The van der Waals surface area contributed by atoms with Gasteiger partial charge in [0.25, 0.3) is 11.8 Å². The third-order valence-electron chi connectivity index (χ3n) is 5.20. The Balaban J connectivity index is 1.89. The second-order valence-corrected chi connectivity index (χ2v) is 7.50. The molecule has 0 unspecified atom stereocenters. The molecular weight excluding hydrogens is 380 g/mol. The monoisotopic (exact) mass is 410 g/mol. The maximum atomic E-state index is 12.5. The summed E-state index contributed by atoms with van der Waals surface area (Å²) in [5.74, 6) is -1.17. The maximum absolute atomic E-state index is 12.5. The van der Waals surface area contributed by atoms with E-state index in [-0.39, 0.29) is 12.5 Å². The fraction of sp³-hybridized carbons (Fsp3) is 0.375. The number of amides is 2. The molecule has 0 bridgehead atoms. The SMILES string of the molecule is CC[C@H](C)c1ccccc1NC(=O)[C@H](C)OC(=O)CNC(=O)c1ccc(C)c(C)c1. The van der Waals surface area contributed by atoms with Crippen molar-refractivity contribution < 1.29 is 19.1 Å². The van der Waals surface area contributed by atoms with Crippen LogP contribution in [0.15, 0.2) is 42.5 Å². The van der Waals surface area contributed by atoms with Crippen LogP contribution in [0, 0.1) is 13.8 Å². The zero-order chi connectivity index (χ0) is 22.3. The summed E-state index contributed by atoms with van der Waals surface area (Å²) in [6, 6.07) is 12.9. The summed E-state index contributed by atoms with van der Waals surface area (Å²) in [4.78, 5) is 36.7.